The van der Waals surface area contributed by atoms with Gasteiger partial charge in [0, 0.05) is 29.7 Å². The fraction of sp³-hybridized carbons (Fsp3) is 0.115. The molecular formula is C26H20F2N6O2. The number of rotatable bonds is 7. The second-order valence-corrected chi connectivity index (χ2v) is 8.38. The molecule has 0 bridgehead atoms. The van der Waals surface area contributed by atoms with E-state index in [1.165, 1.54) is 53.7 Å². The molecule has 0 spiro atoms. The number of nitrogens with two attached hydrogens (primary N) is 1. The molecule has 180 valence electrons. The smallest absolute Gasteiger partial charge is 0.247 e. The summed E-state index contributed by atoms with van der Waals surface area (Å²) < 4.78 is 28.4. The monoisotopic (exact) mass is 486 g/mol. The molecular weight excluding hydrogens is 466 g/mol. The van der Waals surface area contributed by atoms with Crippen molar-refractivity contribution in [1.82, 2.24) is 15.0 Å². The van der Waals surface area contributed by atoms with Crippen LogP contribution in [0.5, 0.6) is 0 Å². The Kier molecular flexibility index (Phi) is 5.85. The standard InChI is InChI=1S/C26H20F2N6O2/c27-17-3-5-18(6-4-17)34(25(36)26(9-10-26)24(29)35)19-7-8-20(28)22(12-19)33-23-13-21(31-15-32-23)16-2-1-11-30-14-16/h1-8,11-15H,9-10H2,(H2,29,35)(H,31,32,33). The summed E-state index contributed by atoms with van der Waals surface area (Å²) in [7, 11) is 0. The van der Waals surface area contributed by atoms with E-state index in [1.54, 1.807) is 24.5 Å². The normalized spacial score (nSPS) is 13.6. The third-order valence-electron chi connectivity index (χ3n) is 6.01. The molecule has 1 aliphatic rings. The fourth-order valence-corrected chi connectivity index (χ4v) is 3.86. The van der Waals surface area contributed by atoms with E-state index < -0.39 is 28.9 Å². The van der Waals surface area contributed by atoms with Crippen molar-refractivity contribution >= 4 is 34.7 Å². The summed E-state index contributed by atoms with van der Waals surface area (Å²) in [6, 6.07) is 14.5. The van der Waals surface area contributed by atoms with Crippen LogP contribution in [-0.4, -0.2) is 26.8 Å². The Labute approximate surface area is 204 Å². The number of aromatic nitrogens is 3. The van der Waals surface area contributed by atoms with Crippen LogP contribution < -0.4 is 16.0 Å². The molecule has 3 N–H and O–H groups in total. The highest BCUT2D eigenvalue weighted by Gasteiger charge is 2.57. The minimum Gasteiger partial charge on any atom is -0.369 e. The van der Waals surface area contributed by atoms with Crippen LogP contribution in [0.3, 0.4) is 0 Å². The van der Waals surface area contributed by atoms with Gasteiger partial charge in [0.05, 0.1) is 17.1 Å². The zero-order valence-corrected chi connectivity index (χ0v) is 18.9. The summed E-state index contributed by atoms with van der Waals surface area (Å²) in [4.78, 5) is 39.3. The van der Waals surface area contributed by atoms with Gasteiger partial charge in [-0.3, -0.25) is 19.5 Å². The molecule has 2 heterocycles. The van der Waals surface area contributed by atoms with Crippen molar-refractivity contribution in [2.75, 3.05) is 10.2 Å². The van der Waals surface area contributed by atoms with Gasteiger partial charge in [-0.05, 0) is 67.4 Å². The number of hydrogen-bond acceptors (Lipinski definition) is 6. The van der Waals surface area contributed by atoms with Gasteiger partial charge in [-0.25, -0.2) is 18.7 Å². The molecule has 1 saturated carbocycles. The van der Waals surface area contributed by atoms with Crippen LogP contribution in [0.1, 0.15) is 12.8 Å². The summed E-state index contributed by atoms with van der Waals surface area (Å²) in [5.74, 6) is -2.06. The average molecular weight is 486 g/mol. The lowest BCUT2D eigenvalue weighted by Crippen LogP contribution is -2.41. The van der Waals surface area contributed by atoms with Crippen LogP contribution in [-0.2, 0) is 9.59 Å². The van der Waals surface area contributed by atoms with E-state index in [1.807, 2.05) is 6.07 Å². The van der Waals surface area contributed by atoms with Gasteiger partial charge in [-0.1, -0.05) is 0 Å². The Morgan fingerprint density at radius 1 is 0.972 bits per heavy atom. The summed E-state index contributed by atoms with van der Waals surface area (Å²) in [6.45, 7) is 0. The van der Waals surface area contributed by atoms with Gasteiger partial charge in [0.25, 0.3) is 0 Å². The first-order valence-corrected chi connectivity index (χ1v) is 11.1. The Morgan fingerprint density at radius 2 is 1.72 bits per heavy atom. The fourth-order valence-electron chi connectivity index (χ4n) is 3.86. The van der Waals surface area contributed by atoms with Crippen molar-refractivity contribution in [3.8, 4) is 11.3 Å². The minimum absolute atomic E-state index is 0.0344. The first-order chi connectivity index (χ1) is 17.4. The molecule has 2 amide bonds. The van der Waals surface area contributed by atoms with Crippen molar-refractivity contribution in [1.29, 1.82) is 0 Å². The van der Waals surface area contributed by atoms with Gasteiger partial charge in [-0.2, -0.15) is 0 Å². The maximum absolute atomic E-state index is 14.8. The Morgan fingerprint density at radius 3 is 2.39 bits per heavy atom. The van der Waals surface area contributed by atoms with E-state index >= 15 is 0 Å². The average Bonchev–Trinajstić information content (AvgIpc) is 3.70. The SMILES string of the molecule is NC(=O)C1(C(=O)N(c2ccc(F)cc2)c2ccc(F)c(Nc3cc(-c4cccnc4)ncn3)c2)CC1. The molecule has 0 saturated heterocycles. The van der Waals surface area contributed by atoms with E-state index in [-0.39, 0.29) is 11.4 Å². The highest BCUT2D eigenvalue weighted by Crippen LogP contribution is 2.49. The van der Waals surface area contributed by atoms with E-state index in [0.717, 1.165) is 5.56 Å². The first kappa shape index (κ1) is 23.0. The Bertz CT molecular complexity index is 1440. The summed E-state index contributed by atoms with van der Waals surface area (Å²) in [6.07, 6.45) is 5.24. The van der Waals surface area contributed by atoms with Crippen LogP contribution >= 0.6 is 0 Å². The lowest BCUT2D eigenvalue weighted by atomic mass is 10.0. The topological polar surface area (TPSA) is 114 Å². The molecule has 1 fully saturated rings. The predicted molar refractivity (Wildman–Crippen MR) is 129 cm³/mol. The number of benzene rings is 2. The number of halogens is 2. The molecule has 0 radical (unpaired) electrons. The molecule has 1 aliphatic carbocycles. The number of hydrogen-bond donors (Lipinski definition) is 2. The van der Waals surface area contributed by atoms with Crippen LogP contribution in [0, 0.1) is 17.0 Å². The Balaban J connectivity index is 1.52. The third kappa shape index (κ3) is 4.36. The van der Waals surface area contributed by atoms with Crippen molar-refractivity contribution in [3.63, 3.8) is 0 Å². The maximum atomic E-state index is 14.8. The van der Waals surface area contributed by atoms with Crippen molar-refractivity contribution < 1.29 is 18.4 Å². The zero-order chi connectivity index (χ0) is 25.3. The third-order valence-corrected chi connectivity index (χ3v) is 6.01. The van der Waals surface area contributed by atoms with E-state index in [2.05, 4.69) is 20.3 Å². The lowest BCUT2D eigenvalue weighted by Gasteiger charge is -2.27. The second-order valence-electron chi connectivity index (χ2n) is 8.38. The second kappa shape index (κ2) is 9.14. The minimum atomic E-state index is -1.35. The molecule has 4 aromatic rings. The van der Waals surface area contributed by atoms with Gasteiger partial charge >= 0.3 is 0 Å². The summed E-state index contributed by atoms with van der Waals surface area (Å²) >= 11 is 0. The number of carbonyl (C=O) groups is 2. The van der Waals surface area contributed by atoms with Gasteiger partial charge in [0.2, 0.25) is 11.8 Å². The predicted octanol–water partition coefficient (Wildman–Crippen LogP) is 4.49. The molecule has 5 rings (SSSR count). The molecule has 2 aromatic carbocycles. The van der Waals surface area contributed by atoms with Gasteiger partial charge in [0.1, 0.15) is 29.2 Å². The number of amides is 2. The number of nitrogens with one attached hydrogen (secondary N) is 1. The molecule has 36 heavy (non-hydrogen) atoms. The number of pyridine rings is 1. The van der Waals surface area contributed by atoms with Crippen LogP contribution in [0.15, 0.2) is 79.4 Å². The lowest BCUT2D eigenvalue weighted by molar-refractivity contribution is -0.133. The van der Waals surface area contributed by atoms with Gasteiger partial charge in [0.15, 0.2) is 0 Å². The first-order valence-electron chi connectivity index (χ1n) is 11.1. The van der Waals surface area contributed by atoms with Gasteiger partial charge in [-0.15, -0.1) is 0 Å². The highest BCUT2D eigenvalue weighted by molar-refractivity contribution is 6.16. The van der Waals surface area contributed by atoms with Gasteiger partial charge < -0.3 is 11.1 Å². The number of nitrogens with zero attached hydrogens (tertiary/aromatic N) is 4. The molecule has 10 heteroatoms. The number of primary amides is 1. The van der Waals surface area contributed by atoms with Crippen LogP contribution in [0.2, 0.25) is 0 Å². The van der Waals surface area contributed by atoms with E-state index in [0.29, 0.717) is 30.0 Å². The maximum Gasteiger partial charge on any atom is 0.247 e. The largest absolute Gasteiger partial charge is 0.369 e. The molecule has 8 nitrogen and oxygen atoms in total. The van der Waals surface area contributed by atoms with Crippen molar-refractivity contribution in [2.45, 2.75) is 12.8 Å². The number of anilines is 4. The summed E-state index contributed by atoms with van der Waals surface area (Å²) in [5, 5.41) is 2.92. The zero-order valence-electron chi connectivity index (χ0n) is 18.9. The summed E-state index contributed by atoms with van der Waals surface area (Å²) in [5.41, 5.74) is 6.14. The van der Waals surface area contributed by atoms with Crippen molar-refractivity contribution in [2.24, 2.45) is 11.1 Å². The quantitative estimate of drug-likeness (QED) is 0.372. The molecule has 0 aliphatic heterocycles. The van der Waals surface area contributed by atoms with Crippen molar-refractivity contribution in [3.05, 3.63) is 91.0 Å². The number of carbonyl (C=O) groups excluding carboxylic acids is 2. The van der Waals surface area contributed by atoms with E-state index in [9.17, 15) is 18.4 Å². The Hall–Kier alpha value is -4.73. The molecule has 2 aromatic heterocycles. The van der Waals surface area contributed by atoms with Crippen LogP contribution in [0.4, 0.5) is 31.7 Å². The highest BCUT2D eigenvalue weighted by atomic mass is 19.1. The van der Waals surface area contributed by atoms with E-state index in [4.69, 9.17) is 5.73 Å². The molecule has 0 atom stereocenters. The van der Waals surface area contributed by atoms with Crippen LogP contribution in [0.25, 0.3) is 11.3 Å². The molecule has 0 unspecified atom stereocenters.